The van der Waals surface area contributed by atoms with Gasteiger partial charge < -0.3 is 5.11 Å². The van der Waals surface area contributed by atoms with E-state index in [2.05, 4.69) is 0 Å². The summed E-state index contributed by atoms with van der Waals surface area (Å²) in [4.78, 5) is 10.8. The van der Waals surface area contributed by atoms with Crippen LogP contribution >= 0.6 is 0 Å². The lowest BCUT2D eigenvalue weighted by atomic mass is 10.2. The topological polar surface area (TPSA) is 42.2 Å². The van der Waals surface area contributed by atoms with E-state index in [4.69, 9.17) is 5.11 Å². The van der Waals surface area contributed by atoms with Gasteiger partial charge in [-0.1, -0.05) is 18.2 Å². The summed E-state index contributed by atoms with van der Waals surface area (Å²) in [5, 5.41) is 9.66. The van der Waals surface area contributed by atoms with Crippen molar-refractivity contribution in [2.24, 2.45) is 0 Å². The summed E-state index contributed by atoms with van der Waals surface area (Å²) in [5.74, 6) is -1.37. The fraction of sp³-hybridized carbons (Fsp3) is 0. The van der Waals surface area contributed by atoms with Gasteiger partial charge in [-0.15, -0.1) is 0 Å². The summed E-state index contributed by atoms with van der Waals surface area (Å²) < 4.78 is 15.5. The number of aromatic nitrogens is 1. The maximum absolute atomic E-state index is 14.0. The Morgan fingerprint density at radius 2 is 1.74 bits per heavy atom. The first-order valence-electron chi connectivity index (χ1n) is 5.76. The Kier molecular flexibility index (Phi) is 2.56. The highest BCUT2D eigenvalue weighted by Gasteiger charge is 2.10. The van der Waals surface area contributed by atoms with E-state index in [1.807, 2.05) is 24.3 Å². The van der Waals surface area contributed by atoms with Crippen LogP contribution in [0.2, 0.25) is 0 Å². The highest BCUT2D eigenvalue weighted by Crippen LogP contribution is 2.23. The number of hydrogen-bond acceptors (Lipinski definition) is 1. The van der Waals surface area contributed by atoms with Crippen molar-refractivity contribution in [3.8, 4) is 5.69 Å². The zero-order valence-electron chi connectivity index (χ0n) is 9.88. The molecule has 0 spiro atoms. The van der Waals surface area contributed by atoms with E-state index in [0.29, 0.717) is 5.69 Å². The average Bonchev–Trinajstić information content (AvgIpc) is 2.74. The molecule has 3 rings (SSSR count). The smallest absolute Gasteiger partial charge is 0.335 e. The van der Waals surface area contributed by atoms with E-state index >= 15 is 0 Å². The lowest BCUT2D eigenvalue weighted by Crippen LogP contribution is -1.99. The first-order valence-corrected chi connectivity index (χ1v) is 5.76. The summed E-state index contributed by atoms with van der Waals surface area (Å²) in [6.07, 6.45) is 0. The Labute approximate surface area is 108 Å². The summed E-state index contributed by atoms with van der Waals surface area (Å²) in [6, 6.07) is 14.9. The number of hydrogen-bond donors (Lipinski definition) is 1. The molecule has 0 saturated heterocycles. The second kappa shape index (κ2) is 4.24. The predicted molar refractivity (Wildman–Crippen MR) is 70.2 cm³/mol. The number of halogens is 1. The highest BCUT2D eigenvalue weighted by molar-refractivity contribution is 5.88. The maximum Gasteiger partial charge on any atom is 0.335 e. The Morgan fingerprint density at radius 1 is 1.05 bits per heavy atom. The van der Waals surface area contributed by atoms with Crippen molar-refractivity contribution >= 4 is 16.9 Å². The molecule has 0 bridgehead atoms. The van der Waals surface area contributed by atoms with Gasteiger partial charge in [0.05, 0.1) is 11.1 Å². The second-order valence-corrected chi connectivity index (χ2v) is 4.21. The van der Waals surface area contributed by atoms with Crippen molar-refractivity contribution in [1.82, 2.24) is 4.57 Å². The van der Waals surface area contributed by atoms with Crippen LogP contribution < -0.4 is 0 Å². The standard InChI is InChI=1S/C15H10FNO2/c16-14-9-11-3-1-2-4-13(11)17(14)12-7-5-10(6-8-12)15(18)19/h1-9H,(H,18,19). The van der Waals surface area contributed by atoms with Gasteiger partial charge in [0, 0.05) is 17.1 Å². The number of rotatable bonds is 2. The Hall–Kier alpha value is -2.62. The van der Waals surface area contributed by atoms with Crippen molar-refractivity contribution in [1.29, 1.82) is 0 Å². The molecule has 0 fully saturated rings. The van der Waals surface area contributed by atoms with Gasteiger partial charge in [-0.05, 0) is 30.3 Å². The van der Waals surface area contributed by atoms with Crippen molar-refractivity contribution in [3.63, 3.8) is 0 Å². The van der Waals surface area contributed by atoms with Crippen molar-refractivity contribution in [3.05, 3.63) is 66.1 Å². The number of para-hydroxylation sites is 1. The van der Waals surface area contributed by atoms with Crippen LogP contribution in [0.1, 0.15) is 10.4 Å². The first-order chi connectivity index (χ1) is 9.16. The van der Waals surface area contributed by atoms with Crippen LogP contribution in [0.25, 0.3) is 16.6 Å². The molecule has 0 aliphatic carbocycles. The van der Waals surface area contributed by atoms with Crippen LogP contribution in [0.4, 0.5) is 4.39 Å². The zero-order valence-corrected chi connectivity index (χ0v) is 9.88. The molecule has 0 unspecified atom stereocenters. The second-order valence-electron chi connectivity index (χ2n) is 4.21. The Morgan fingerprint density at radius 3 is 2.42 bits per heavy atom. The lowest BCUT2D eigenvalue weighted by molar-refractivity contribution is 0.0697. The highest BCUT2D eigenvalue weighted by atomic mass is 19.1. The normalized spacial score (nSPS) is 10.8. The van der Waals surface area contributed by atoms with E-state index < -0.39 is 5.97 Å². The van der Waals surface area contributed by atoms with Gasteiger partial charge in [0.15, 0.2) is 5.95 Å². The van der Waals surface area contributed by atoms with E-state index in [9.17, 15) is 9.18 Å². The minimum absolute atomic E-state index is 0.181. The largest absolute Gasteiger partial charge is 0.478 e. The van der Waals surface area contributed by atoms with Gasteiger partial charge >= 0.3 is 5.97 Å². The molecule has 1 aromatic heterocycles. The van der Waals surface area contributed by atoms with Crippen LogP contribution in [-0.4, -0.2) is 15.6 Å². The first kappa shape index (κ1) is 11.5. The molecule has 0 saturated carbocycles. The lowest BCUT2D eigenvalue weighted by Gasteiger charge is -2.06. The number of fused-ring (bicyclic) bond motifs is 1. The van der Waals surface area contributed by atoms with Crippen LogP contribution in [0, 0.1) is 5.95 Å². The number of benzene rings is 2. The van der Waals surface area contributed by atoms with Crippen LogP contribution in [0.3, 0.4) is 0 Å². The van der Waals surface area contributed by atoms with E-state index in [-0.39, 0.29) is 11.5 Å². The molecule has 0 amide bonds. The molecule has 1 heterocycles. The molecule has 94 valence electrons. The fourth-order valence-electron chi connectivity index (χ4n) is 2.14. The molecule has 1 N–H and O–H groups in total. The number of carboxylic acids is 1. The Bertz CT molecular complexity index is 759. The summed E-state index contributed by atoms with van der Waals surface area (Å²) in [6.45, 7) is 0. The van der Waals surface area contributed by atoms with Crippen molar-refractivity contribution < 1.29 is 14.3 Å². The van der Waals surface area contributed by atoms with Crippen molar-refractivity contribution in [2.75, 3.05) is 0 Å². The molecular formula is C15H10FNO2. The summed E-state index contributed by atoms with van der Waals surface area (Å²) >= 11 is 0. The van der Waals surface area contributed by atoms with E-state index in [0.717, 1.165) is 10.9 Å². The van der Waals surface area contributed by atoms with Crippen LogP contribution in [0.15, 0.2) is 54.6 Å². The van der Waals surface area contributed by atoms with Gasteiger partial charge in [-0.2, -0.15) is 4.39 Å². The van der Waals surface area contributed by atoms with Gasteiger partial charge in [0.1, 0.15) is 0 Å². The zero-order chi connectivity index (χ0) is 13.4. The molecule has 2 aromatic carbocycles. The third-order valence-electron chi connectivity index (χ3n) is 3.04. The molecule has 0 aliphatic rings. The number of carboxylic acid groups (broad SMARTS) is 1. The number of carbonyl (C=O) groups is 1. The predicted octanol–water partition coefficient (Wildman–Crippen LogP) is 3.47. The van der Waals surface area contributed by atoms with Gasteiger partial charge in [-0.25, -0.2) is 4.79 Å². The molecule has 0 atom stereocenters. The van der Waals surface area contributed by atoms with Crippen LogP contribution in [-0.2, 0) is 0 Å². The molecule has 3 aromatic rings. The van der Waals surface area contributed by atoms with E-state index in [1.165, 1.54) is 22.8 Å². The summed E-state index contributed by atoms with van der Waals surface area (Å²) in [7, 11) is 0. The van der Waals surface area contributed by atoms with Gasteiger partial charge in [-0.3, -0.25) is 4.57 Å². The SMILES string of the molecule is O=C(O)c1ccc(-n2c(F)cc3ccccc32)cc1. The molecule has 3 nitrogen and oxygen atoms in total. The van der Waals surface area contributed by atoms with Crippen molar-refractivity contribution in [2.45, 2.75) is 0 Å². The quantitative estimate of drug-likeness (QED) is 0.761. The molecule has 4 heteroatoms. The average molecular weight is 255 g/mol. The van der Waals surface area contributed by atoms with E-state index in [1.54, 1.807) is 12.1 Å². The minimum atomic E-state index is -0.996. The molecule has 0 aliphatic heterocycles. The number of nitrogens with zero attached hydrogens (tertiary/aromatic N) is 1. The Balaban J connectivity index is 2.18. The third-order valence-corrected chi connectivity index (χ3v) is 3.04. The fourth-order valence-corrected chi connectivity index (χ4v) is 2.14. The molecule has 19 heavy (non-hydrogen) atoms. The van der Waals surface area contributed by atoms with Crippen LogP contribution in [0.5, 0.6) is 0 Å². The number of aromatic carboxylic acids is 1. The minimum Gasteiger partial charge on any atom is -0.478 e. The maximum atomic E-state index is 14.0. The third kappa shape index (κ3) is 1.87. The van der Waals surface area contributed by atoms with Gasteiger partial charge in [0.2, 0.25) is 0 Å². The monoisotopic (exact) mass is 255 g/mol. The molecular weight excluding hydrogens is 245 g/mol. The van der Waals surface area contributed by atoms with Gasteiger partial charge in [0.25, 0.3) is 0 Å². The summed E-state index contributed by atoms with van der Waals surface area (Å²) in [5.41, 5.74) is 1.53. The molecule has 0 radical (unpaired) electrons.